The molecule has 1 aromatic carbocycles. The van der Waals surface area contributed by atoms with Crippen LogP contribution in [0.5, 0.6) is 0 Å². The molecule has 10 heteroatoms. The maximum Gasteiger partial charge on any atom is 0.433 e. The molecule has 1 radical (unpaired) electrons. The van der Waals surface area contributed by atoms with E-state index >= 15 is 0 Å². The SMILES string of the molecule is Cn1cnc(-c2ccc(NC(=O)[C@@H](N[B]C=O)C3CCCCC3)cc2)c1C(F)(F)F. The molecular weight excluding hydrogens is 396 g/mol. The van der Waals surface area contributed by atoms with Crippen LogP contribution in [-0.2, 0) is 22.8 Å². The van der Waals surface area contributed by atoms with E-state index in [1.54, 1.807) is 12.1 Å². The first-order valence-electron chi connectivity index (χ1n) is 9.84. The second kappa shape index (κ2) is 9.46. The second-order valence-electron chi connectivity index (χ2n) is 7.46. The third-order valence-electron chi connectivity index (χ3n) is 5.38. The van der Waals surface area contributed by atoms with E-state index in [1.165, 1.54) is 26.6 Å². The number of anilines is 1. The molecule has 0 spiro atoms. The molecule has 1 atom stereocenters. The number of nitrogens with one attached hydrogen (secondary N) is 2. The Bertz CT molecular complexity index is 877. The standard InChI is InChI=1S/C20H23BF3N4O2/c1-28-12-25-16(18(28)20(22,23)24)14-7-9-15(10-8-14)26-19(30)17(27-21-11-29)13-5-3-2-4-6-13/h7-13,17,27H,2-6H2,1H3,(H,26,30)/t17-/m0/s1. The fourth-order valence-electron chi connectivity index (χ4n) is 3.94. The van der Waals surface area contributed by atoms with Gasteiger partial charge in [-0.3, -0.25) is 4.79 Å². The molecule has 2 N–H and O–H groups in total. The Labute approximate surface area is 173 Å². The molecule has 6 nitrogen and oxygen atoms in total. The summed E-state index contributed by atoms with van der Waals surface area (Å²) in [6.07, 6.45) is 2.21. The summed E-state index contributed by atoms with van der Waals surface area (Å²) in [6.45, 7) is 0. The molecule has 1 aliphatic carbocycles. The Morgan fingerprint density at radius 3 is 2.50 bits per heavy atom. The average Bonchev–Trinajstić information content (AvgIpc) is 3.11. The summed E-state index contributed by atoms with van der Waals surface area (Å²) in [4.78, 5) is 27.4. The van der Waals surface area contributed by atoms with Gasteiger partial charge in [-0.25, -0.2) is 4.98 Å². The molecule has 0 bridgehead atoms. The zero-order valence-corrected chi connectivity index (χ0v) is 16.6. The number of nitrogens with zero attached hydrogens (tertiary/aromatic N) is 2. The predicted molar refractivity (Wildman–Crippen MR) is 108 cm³/mol. The Hall–Kier alpha value is -2.62. The number of halogens is 3. The molecule has 0 unspecified atom stereocenters. The summed E-state index contributed by atoms with van der Waals surface area (Å²) >= 11 is 0. The number of benzene rings is 1. The van der Waals surface area contributed by atoms with Gasteiger partial charge in [0, 0.05) is 18.3 Å². The minimum absolute atomic E-state index is 0.122. The van der Waals surface area contributed by atoms with Crippen LogP contribution in [0.25, 0.3) is 11.3 Å². The van der Waals surface area contributed by atoms with Crippen LogP contribution in [0.3, 0.4) is 0 Å². The zero-order valence-electron chi connectivity index (χ0n) is 16.6. The highest BCUT2D eigenvalue weighted by Gasteiger charge is 2.37. The lowest BCUT2D eigenvalue weighted by Crippen LogP contribution is -2.48. The minimum atomic E-state index is -4.53. The fraction of sp³-hybridized carbons (Fsp3) is 0.450. The number of alkyl halides is 3. The van der Waals surface area contributed by atoms with Crippen molar-refractivity contribution in [3.63, 3.8) is 0 Å². The molecule has 0 aliphatic heterocycles. The summed E-state index contributed by atoms with van der Waals surface area (Å²) in [7, 11) is 2.52. The summed E-state index contributed by atoms with van der Waals surface area (Å²) in [5.74, 6) is -0.154. The molecular formula is C20H23BF3N4O2. The smallest absolute Gasteiger partial charge is 0.343 e. The number of aromatic nitrogens is 2. The largest absolute Gasteiger partial charge is 0.433 e. The number of aryl methyl sites for hydroxylation is 1. The van der Waals surface area contributed by atoms with Crippen LogP contribution >= 0.6 is 0 Å². The molecule has 1 aromatic heterocycles. The molecule has 2 aromatic rings. The number of imidazole rings is 1. The number of amides is 1. The van der Waals surface area contributed by atoms with Crippen molar-refractivity contribution in [1.29, 1.82) is 0 Å². The lowest BCUT2D eigenvalue weighted by Gasteiger charge is -2.29. The number of hydrogen-bond donors (Lipinski definition) is 2. The molecule has 1 saturated carbocycles. The highest BCUT2D eigenvalue weighted by molar-refractivity contribution is 6.64. The molecule has 1 heterocycles. The van der Waals surface area contributed by atoms with Crippen molar-refractivity contribution in [3.8, 4) is 11.3 Å². The third kappa shape index (κ3) is 5.10. The van der Waals surface area contributed by atoms with Crippen LogP contribution in [0.1, 0.15) is 37.8 Å². The first kappa shape index (κ1) is 22.1. The van der Waals surface area contributed by atoms with E-state index in [0.717, 1.165) is 43.0 Å². The van der Waals surface area contributed by atoms with Crippen LogP contribution in [0, 0.1) is 5.92 Å². The van der Waals surface area contributed by atoms with Crippen molar-refractivity contribution < 1.29 is 22.8 Å². The molecule has 159 valence electrons. The van der Waals surface area contributed by atoms with Gasteiger partial charge in [-0.15, -0.1) is 0 Å². The van der Waals surface area contributed by atoms with E-state index in [4.69, 9.17) is 0 Å². The fourth-order valence-corrected chi connectivity index (χ4v) is 3.94. The lowest BCUT2D eigenvalue weighted by molar-refractivity contribution is -0.142. The topological polar surface area (TPSA) is 76.0 Å². The van der Waals surface area contributed by atoms with Gasteiger partial charge in [-0.05, 0) is 30.9 Å². The molecule has 3 rings (SSSR count). The van der Waals surface area contributed by atoms with Gasteiger partial charge in [-0.1, -0.05) is 31.4 Å². The van der Waals surface area contributed by atoms with Gasteiger partial charge in [0.05, 0.1) is 18.6 Å². The second-order valence-corrected chi connectivity index (χ2v) is 7.46. The van der Waals surface area contributed by atoms with E-state index in [2.05, 4.69) is 15.5 Å². The van der Waals surface area contributed by atoms with Crippen LogP contribution in [0.15, 0.2) is 30.6 Å². The number of hydrogen-bond acceptors (Lipinski definition) is 4. The van der Waals surface area contributed by atoms with Crippen molar-refractivity contribution in [2.24, 2.45) is 13.0 Å². The maximum atomic E-state index is 13.3. The van der Waals surface area contributed by atoms with Crippen molar-refractivity contribution >= 4 is 25.2 Å². The van der Waals surface area contributed by atoms with Gasteiger partial charge in [0.15, 0.2) is 5.69 Å². The first-order chi connectivity index (χ1) is 14.3. The van der Waals surface area contributed by atoms with Crippen molar-refractivity contribution in [3.05, 3.63) is 36.3 Å². The van der Waals surface area contributed by atoms with Crippen LogP contribution in [0.2, 0.25) is 0 Å². The van der Waals surface area contributed by atoms with E-state index < -0.39 is 17.9 Å². The minimum Gasteiger partial charge on any atom is -0.343 e. The van der Waals surface area contributed by atoms with E-state index in [0.29, 0.717) is 17.4 Å². The number of carbonyl (C=O) groups is 2. The van der Waals surface area contributed by atoms with Crippen molar-refractivity contribution in [2.75, 3.05) is 5.32 Å². The van der Waals surface area contributed by atoms with Gasteiger partial charge in [0.25, 0.3) is 7.41 Å². The molecule has 1 aliphatic rings. The molecule has 0 saturated heterocycles. The Morgan fingerprint density at radius 1 is 1.23 bits per heavy atom. The van der Waals surface area contributed by atoms with Gasteiger partial charge < -0.3 is 19.9 Å². The molecule has 1 amide bonds. The lowest BCUT2D eigenvalue weighted by atomic mass is 9.81. The van der Waals surface area contributed by atoms with Crippen LogP contribution in [-0.4, -0.2) is 35.1 Å². The van der Waals surface area contributed by atoms with Gasteiger partial charge in [-0.2, -0.15) is 13.2 Å². The first-order valence-corrected chi connectivity index (χ1v) is 9.84. The van der Waals surface area contributed by atoms with Crippen molar-refractivity contribution in [1.82, 2.24) is 14.8 Å². The van der Waals surface area contributed by atoms with E-state index in [1.807, 2.05) is 0 Å². The quantitative estimate of drug-likeness (QED) is 0.533. The normalized spacial score (nSPS) is 16.1. The summed E-state index contributed by atoms with van der Waals surface area (Å²) in [5.41, 5.74) is -0.227. The number of carbonyl (C=O) groups excluding carboxylic acids is 2. The predicted octanol–water partition coefficient (Wildman–Crippen LogP) is 3.39. The van der Waals surface area contributed by atoms with Crippen LogP contribution in [0.4, 0.5) is 18.9 Å². The monoisotopic (exact) mass is 419 g/mol. The molecule has 1 fully saturated rings. The summed E-state index contributed by atoms with van der Waals surface area (Å²) < 4.78 is 40.8. The van der Waals surface area contributed by atoms with Crippen LogP contribution < -0.4 is 10.5 Å². The maximum absolute atomic E-state index is 13.3. The van der Waals surface area contributed by atoms with E-state index in [-0.39, 0.29) is 17.5 Å². The highest BCUT2D eigenvalue weighted by atomic mass is 19.4. The Morgan fingerprint density at radius 2 is 1.90 bits per heavy atom. The summed E-state index contributed by atoms with van der Waals surface area (Å²) in [5, 5.41) is 5.67. The Kier molecular flexibility index (Phi) is 6.97. The third-order valence-corrected chi connectivity index (χ3v) is 5.38. The van der Waals surface area contributed by atoms with E-state index in [9.17, 15) is 22.8 Å². The molecule has 30 heavy (non-hydrogen) atoms. The highest BCUT2D eigenvalue weighted by Crippen LogP contribution is 2.36. The summed E-state index contributed by atoms with van der Waals surface area (Å²) in [6, 6.07) is 5.54. The van der Waals surface area contributed by atoms with Gasteiger partial charge in [0.1, 0.15) is 5.69 Å². The van der Waals surface area contributed by atoms with Gasteiger partial charge >= 0.3 is 6.18 Å². The van der Waals surface area contributed by atoms with Crippen molar-refractivity contribution in [2.45, 2.75) is 44.3 Å². The Balaban J connectivity index is 1.74. The average molecular weight is 419 g/mol. The zero-order chi connectivity index (χ0) is 21.7. The number of rotatable bonds is 7. The van der Waals surface area contributed by atoms with Gasteiger partial charge in [0.2, 0.25) is 5.91 Å².